The van der Waals surface area contributed by atoms with E-state index in [1.54, 1.807) is 42.5 Å². The molecule has 3 fully saturated rings. The van der Waals surface area contributed by atoms with Gasteiger partial charge < -0.3 is 15.4 Å². The van der Waals surface area contributed by atoms with Crippen molar-refractivity contribution >= 4 is 38.3 Å². The summed E-state index contributed by atoms with van der Waals surface area (Å²) in [6, 6.07) is 19.8. The number of amides is 1. The van der Waals surface area contributed by atoms with Crippen molar-refractivity contribution in [3.63, 3.8) is 0 Å². The van der Waals surface area contributed by atoms with E-state index in [1.165, 1.54) is 41.3 Å². The first-order valence-corrected chi connectivity index (χ1v) is 18.4. The molecule has 1 heterocycles. The van der Waals surface area contributed by atoms with Gasteiger partial charge in [0, 0.05) is 29.7 Å². The van der Waals surface area contributed by atoms with Crippen LogP contribution < -0.4 is 15.2 Å². The number of likely N-dealkylation sites (tertiary alicyclic amines) is 1. The highest BCUT2D eigenvalue weighted by atomic mass is 35.5. The summed E-state index contributed by atoms with van der Waals surface area (Å²) in [6.07, 6.45) is 6.05. The number of carbonyl (C=O) groups is 1. The molecule has 4 aromatic carbocycles. The summed E-state index contributed by atoms with van der Waals surface area (Å²) < 4.78 is 69.1. The molecule has 7 rings (SSSR count). The summed E-state index contributed by atoms with van der Waals surface area (Å²) in [6.45, 7) is 0.420. The van der Waals surface area contributed by atoms with Gasteiger partial charge in [-0.1, -0.05) is 60.1 Å². The quantitative estimate of drug-likeness (QED) is 0.195. The van der Waals surface area contributed by atoms with Gasteiger partial charge >= 0.3 is 0 Å². The molecule has 3 atom stereocenters. The van der Waals surface area contributed by atoms with Crippen LogP contribution >= 0.6 is 11.6 Å². The molecule has 1 saturated heterocycles. The fraction of sp³-hybridized carbons (Fsp3) is 0.378. The molecule has 3 aliphatic rings. The van der Waals surface area contributed by atoms with Gasteiger partial charge in [0.05, 0.1) is 11.0 Å². The lowest BCUT2D eigenvalue weighted by molar-refractivity contribution is -0.146. The Morgan fingerprint density at radius 1 is 0.854 bits per heavy atom. The van der Waals surface area contributed by atoms with Gasteiger partial charge in [-0.25, -0.2) is 8.42 Å². The normalized spacial score (nSPS) is 22.2. The van der Waals surface area contributed by atoms with Gasteiger partial charge in [0.1, 0.15) is 5.75 Å². The molecular formula is C37H38ClF2N3O4S. The summed E-state index contributed by atoms with van der Waals surface area (Å²) in [5, 5.41) is 1.90. The second-order valence-corrected chi connectivity index (χ2v) is 15.5. The van der Waals surface area contributed by atoms with E-state index >= 15 is 8.78 Å². The molecular weight excluding hydrogens is 656 g/mol. The van der Waals surface area contributed by atoms with E-state index in [1.807, 2.05) is 6.07 Å². The number of alkyl halides is 2. The Kier molecular flexibility index (Phi) is 8.95. The van der Waals surface area contributed by atoms with Crippen LogP contribution in [0.1, 0.15) is 44.1 Å². The number of carbonyl (C=O) groups excluding carboxylic acids is 1. The lowest BCUT2D eigenvalue weighted by Crippen LogP contribution is -2.60. The molecule has 1 amide bonds. The van der Waals surface area contributed by atoms with Crippen molar-refractivity contribution < 1.29 is 26.7 Å². The Balaban J connectivity index is 1.18. The number of nitrogens with zero attached hydrogens (tertiary/aromatic N) is 1. The molecule has 252 valence electrons. The van der Waals surface area contributed by atoms with Gasteiger partial charge in [0.25, 0.3) is 5.92 Å². The van der Waals surface area contributed by atoms with Crippen LogP contribution in [-0.4, -0.2) is 50.5 Å². The van der Waals surface area contributed by atoms with Crippen LogP contribution in [0, 0.1) is 11.8 Å². The fourth-order valence-corrected chi connectivity index (χ4v) is 8.82. The summed E-state index contributed by atoms with van der Waals surface area (Å²) in [5.74, 6) is -4.18. The van der Waals surface area contributed by atoms with Crippen molar-refractivity contribution in [1.82, 2.24) is 9.62 Å². The van der Waals surface area contributed by atoms with Gasteiger partial charge in [-0.2, -0.15) is 13.5 Å². The second kappa shape index (κ2) is 13.0. The summed E-state index contributed by atoms with van der Waals surface area (Å²) in [5.41, 5.74) is 7.29. The third kappa shape index (κ3) is 6.55. The molecule has 48 heavy (non-hydrogen) atoms. The number of ether oxygens (including phenoxy) is 1. The molecule has 0 radical (unpaired) electrons. The number of nitrogens with one attached hydrogen (secondary N) is 1. The van der Waals surface area contributed by atoms with E-state index in [0.29, 0.717) is 21.7 Å². The van der Waals surface area contributed by atoms with Gasteiger partial charge in [-0.3, -0.25) is 4.79 Å². The van der Waals surface area contributed by atoms with Crippen molar-refractivity contribution in [2.75, 3.05) is 13.1 Å². The van der Waals surface area contributed by atoms with Crippen LogP contribution in [0.25, 0.3) is 21.9 Å². The maximum absolute atomic E-state index is 16.6. The molecule has 0 spiro atoms. The Labute approximate surface area is 284 Å². The lowest BCUT2D eigenvalue weighted by atomic mass is 9.91. The minimum Gasteiger partial charge on any atom is -0.490 e. The van der Waals surface area contributed by atoms with Crippen molar-refractivity contribution in [1.29, 1.82) is 0 Å². The van der Waals surface area contributed by atoms with Crippen LogP contribution in [0.5, 0.6) is 5.75 Å². The molecule has 1 aliphatic heterocycles. The highest BCUT2D eigenvalue weighted by molar-refractivity contribution is 7.89. The number of fused-ring (bicyclic) bond motifs is 3. The molecule has 4 aromatic rings. The van der Waals surface area contributed by atoms with Crippen LogP contribution in [0.3, 0.4) is 0 Å². The SMILES string of the molecule is NC1C2CCC1CN(C(=O)[C@H](NS(=O)(=O)c1ccc3cc(OC4CCCC4)ccc3c1)C(F)(F)c1ccc(-c3ccc(Cl)cc3)cc1)C2. The first-order chi connectivity index (χ1) is 23.0. The Bertz CT molecular complexity index is 1900. The van der Waals surface area contributed by atoms with E-state index in [2.05, 4.69) is 4.72 Å². The van der Waals surface area contributed by atoms with E-state index in [9.17, 15) is 13.2 Å². The van der Waals surface area contributed by atoms with Crippen LogP contribution in [0.2, 0.25) is 5.02 Å². The number of hydrogen-bond donors (Lipinski definition) is 2. The Morgan fingerprint density at radius 2 is 1.44 bits per heavy atom. The van der Waals surface area contributed by atoms with E-state index in [0.717, 1.165) is 49.5 Å². The third-order valence-electron chi connectivity index (χ3n) is 10.2. The first kappa shape index (κ1) is 33.0. The molecule has 2 saturated carbocycles. The van der Waals surface area contributed by atoms with Crippen molar-refractivity contribution in [3.8, 4) is 16.9 Å². The topological polar surface area (TPSA) is 102 Å². The summed E-state index contributed by atoms with van der Waals surface area (Å²) >= 11 is 6.00. The maximum Gasteiger partial charge on any atom is 0.298 e. The maximum atomic E-state index is 16.6. The van der Waals surface area contributed by atoms with Crippen molar-refractivity contribution in [2.45, 2.75) is 67.5 Å². The van der Waals surface area contributed by atoms with Gasteiger partial charge in [-0.15, -0.1) is 0 Å². The zero-order chi connectivity index (χ0) is 33.6. The van der Waals surface area contributed by atoms with Gasteiger partial charge in [0.15, 0.2) is 6.04 Å². The number of benzene rings is 4. The second-order valence-electron chi connectivity index (χ2n) is 13.4. The number of hydrogen-bond acceptors (Lipinski definition) is 5. The fourth-order valence-electron chi connectivity index (χ4n) is 7.46. The van der Waals surface area contributed by atoms with Crippen molar-refractivity contribution in [2.24, 2.45) is 17.6 Å². The average molecular weight is 694 g/mol. The number of sulfonamides is 1. The molecule has 3 N–H and O–H groups in total. The predicted molar refractivity (Wildman–Crippen MR) is 182 cm³/mol. The van der Waals surface area contributed by atoms with Crippen molar-refractivity contribution in [3.05, 3.63) is 95.5 Å². The van der Waals surface area contributed by atoms with Gasteiger partial charge in [-0.05, 0) is 109 Å². The van der Waals surface area contributed by atoms with Gasteiger partial charge in [0.2, 0.25) is 15.9 Å². The summed E-state index contributed by atoms with van der Waals surface area (Å²) in [4.78, 5) is 15.2. The number of rotatable bonds is 9. The molecule has 2 unspecified atom stereocenters. The number of piperidine rings is 1. The minimum atomic E-state index is -4.58. The Hall–Kier alpha value is -3.57. The van der Waals surface area contributed by atoms with E-state index < -0.39 is 33.5 Å². The highest BCUT2D eigenvalue weighted by Gasteiger charge is 2.52. The largest absolute Gasteiger partial charge is 0.490 e. The zero-order valence-corrected chi connectivity index (χ0v) is 27.9. The molecule has 2 aliphatic carbocycles. The zero-order valence-electron chi connectivity index (χ0n) is 26.3. The highest BCUT2D eigenvalue weighted by Crippen LogP contribution is 2.39. The Morgan fingerprint density at radius 3 is 2.08 bits per heavy atom. The average Bonchev–Trinajstić information content (AvgIpc) is 3.65. The first-order valence-electron chi connectivity index (χ1n) is 16.5. The standard InChI is InChI=1S/C37H38ClF2N3O4S/c38-30-15-9-24(10-16-30)23-7-13-29(14-8-23)37(39,40)35(36(44)43-21-27-5-6-28(22-43)34(27)41)42-48(45,46)33-18-12-25-19-32(17-11-26(25)20-33)47-31-3-1-2-4-31/h7-20,27-28,31,34-35,42H,1-6,21-22,41H2/t27?,28?,34?,35-/m0/s1. The van der Waals surface area contributed by atoms with Crippen LogP contribution in [-0.2, 0) is 20.7 Å². The number of halogens is 3. The van der Waals surface area contributed by atoms with Crippen LogP contribution in [0.4, 0.5) is 8.78 Å². The molecule has 0 aromatic heterocycles. The minimum absolute atomic E-state index is 0.0136. The lowest BCUT2D eigenvalue weighted by Gasteiger charge is -2.39. The predicted octanol–water partition coefficient (Wildman–Crippen LogP) is 7.12. The number of nitrogens with two attached hydrogens (primary N) is 1. The smallest absolute Gasteiger partial charge is 0.298 e. The third-order valence-corrected chi connectivity index (χ3v) is 11.9. The molecule has 2 bridgehead atoms. The van der Waals surface area contributed by atoms with Crippen LogP contribution in [0.15, 0.2) is 89.8 Å². The van der Waals surface area contributed by atoms with E-state index in [4.69, 9.17) is 22.1 Å². The monoisotopic (exact) mass is 693 g/mol. The molecule has 11 heteroatoms. The van der Waals surface area contributed by atoms with E-state index in [-0.39, 0.29) is 42.0 Å². The molecule has 7 nitrogen and oxygen atoms in total. The summed E-state index contributed by atoms with van der Waals surface area (Å²) in [7, 11) is -4.58.